The Hall–Kier alpha value is -1.79. The lowest BCUT2D eigenvalue weighted by Crippen LogP contribution is -2.46. The fourth-order valence-corrected chi connectivity index (χ4v) is 3.15. The lowest BCUT2D eigenvalue weighted by atomic mass is 9.93. The van der Waals surface area contributed by atoms with Gasteiger partial charge in [0, 0.05) is 0 Å². The Morgan fingerprint density at radius 2 is 1.88 bits per heavy atom. The van der Waals surface area contributed by atoms with E-state index in [1.54, 1.807) is 25.1 Å². The van der Waals surface area contributed by atoms with E-state index >= 15 is 0 Å². The van der Waals surface area contributed by atoms with Crippen LogP contribution in [0.5, 0.6) is 0 Å². The van der Waals surface area contributed by atoms with Crippen LogP contribution in [-0.4, -0.2) is 34.8 Å². The van der Waals surface area contributed by atoms with Gasteiger partial charge in [-0.15, -0.1) is 0 Å². The lowest BCUT2D eigenvalue weighted by Gasteiger charge is -2.23. The van der Waals surface area contributed by atoms with Crippen LogP contribution in [0.15, 0.2) is 18.2 Å². The second-order valence-corrected chi connectivity index (χ2v) is 6.89. The number of nitrogens with zero attached hydrogens (tertiary/aromatic N) is 1. The van der Waals surface area contributed by atoms with Crippen molar-refractivity contribution in [1.29, 1.82) is 0 Å². The van der Waals surface area contributed by atoms with Crippen molar-refractivity contribution in [2.75, 3.05) is 6.54 Å². The Bertz CT molecular complexity index is 704. The summed E-state index contributed by atoms with van der Waals surface area (Å²) in [5.74, 6) is -0.787. The first-order chi connectivity index (χ1) is 11.7. The summed E-state index contributed by atoms with van der Waals surface area (Å²) >= 11 is 11.9. The summed E-state index contributed by atoms with van der Waals surface area (Å²) in [7, 11) is 0. The predicted octanol–water partition coefficient (Wildman–Crippen LogP) is 3.28. The molecule has 1 aliphatic rings. The molecule has 1 saturated heterocycles. The van der Waals surface area contributed by atoms with E-state index in [2.05, 4.69) is 10.6 Å². The fraction of sp³-hybridized carbons (Fsp3) is 0.471. The number of carbonyl (C=O) groups is 3. The SMILES string of the molecule is CCC1(CC)NC(=O)N(CC(=O)NC(C)c2ccc(Cl)c(Cl)c2)C1=O. The number of hydrogen-bond donors (Lipinski definition) is 2. The summed E-state index contributed by atoms with van der Waals surface area (Å²) in [5.41, 5.74) is -0.136. The van der Waals surface area contributed by atoms with Gasteiger partial charge in [-0.3, -0.25) is 14.5 Å². The van der Waals surface area contributed by atoms with Crippen LogP contribution in [-0.2, 0) is 9.59 Å². The first kappa shape index (κ1) is 19.5. The molecule has 136 valence electrons. The number of rotatable bonds is 6. The predicted molar refractivity (Wildman–Crippen MR) is 96.6 cm³/mol. The number of hydrogen-bond acceptors (Lipinski definition) is 3. The van der Waals surface area contributed by atoms with Gasteiger partial charge in [-0.05, 0) is 37.5 Å². The molecule has 1 aromatic carbocycles. The van der Waals surface area contributed by atoms with Crippen LogP contribution in [0.2, 0.25) is 10.0 Å². The van der Waals surface area contributed by atoms with Crippen molar-refractivity contribution in [3.8, 4) is 0 Å². The number of imide groups is 1. The molecule has 8 heteroatoms. The van der Waals surface area contributed by atoms with E-state index < -0.39 is 17.5 Å². The molecular weight excluding hydrogens is 365 g/mol. The molecule has 1 aromatic rings. The molecule has 4 amide bonds. The normalized spacial score (nSPS) is 17.4. The van der Waals surface area contributed by atoms with Crippen LogP contribution in [0.25, 0.3) is 0 Å². The molecule has 1 unspecified atom stereocenters. The number of halogens is 2. The monoisotopic (exact) mass is 385 g/mol. The highest BCUT2D eigenvalue weighted by Crippen LogP contribution is 2.26. The number of benzene rings is 1. The molecule has 1 aliphatic heterocycles. The lowest BCUT2D eigenvalue weighted by molar-refractivity contribution is -0.135. The third kappa shape index (κ3) is 3.90. The van der Waals surface area contributed by atoms with Crippen LogP contribution in [0.1, 0.15) is 45.2 Å². The largest absolute Gasteiger partial charge is 0.348 e. The summed E-state index contributed by atoms with van der Waals surface area (Å²) < 4.78 is 0. The molecule has 0 aromatic heterocycles. The van der Waals surface area contributed by atoms with Crippen molar-refractivity contribution < 1.29 is 14.4 Å². The number of nitrogens with one attached hydrogen (secondary N) is 2. The smallest absolute Gasteiger partial charge is 0.325 e. The Morgan fingerprint density at radius 1 is 1.24 bits per heavy atom. The van der Waals surface area contributed by atoms with Crippen LogP contribution >= 0.6 is 23.2 Å². The van der Waals surface area contributed by atoms with Gasteiger partial charge in [-0.1, -0.05) is 43.1 Å². The van der Waals surface area contributed by atoms with Crippen LogP contribution in [0, 0.1) is 0 Å². The van der Waals surface area contributed by atoms with E-state index in [-0.39, 0.29) is 18.5 Å². The number of amides is 4. The average Bonchev–Trinajstić information content (AvgIpc) is 2.81. The van der Waals surface area contributed by atoms with E-state index in [1.807, 2.05) is 13.8 Å². The zero-order valence-electron chi connectivity index (χ0n) is 14.4. The molecule has 2 rings (SSSR count). The molecule has 0 radical (unpaired) electrons. The number of urea groups is 1. The van der Waals surface area contributed by atoms with Gasteiger partial charge in [0.15, 0.2) is 0 Å². The zero-order chi connectivity index (χ0) is 18.8. The minimum absolute atomic E-state index is 0.321. The summed E-state index contributed by atoms with van der Waals surface area (Å²) in [6.45, 7) is 5.12. The average molecular weight is 386 g/mol. The zero-order valence-corrected chi connectivity index (χ0v) is 15.9. The van der Waals surface area contributed by atoms with E-state index in [0.29, 0.717) is 22.9 Å². The third-order valence-electron chi connectivity index (χ3n) is 4.58. The van der Waals surface area contributed by atoms with Crippen molar-refractivity contribution in [2.45, 2.75) is 45.2 Å². The molecule has 0 spiro atoms. The highest BCUT2D eigenvalue weighted by molar-refractivity contribution is 6.42. The van der Waals surface area contributed by atoms with Crippen LogP contribution in [0.4, 0.5) is 4.79 Å². The van der Waals surface area contributed by atoms with Gasteiger partial charge in [0.1, 0.15) is 12.1 Å². The maximum absolute atomic E-state index is 12.5. The van der Waals surface area contributed by atoms with Gasteiger partial charge in [0.05, 0.1) is 16.1 Å². The van der Waals surface area contributed by atoms with Gasteiger partial charge in [-0.25, -0.2) is 4.79 Å². The molecule has 1 atom stereocenters. The van der Waals surface area contributed by atoms with E-state index in [1.165, 1.54) is 0 Å². The second-order valence-electron chi connectivity index (χ2n) is 6.07. The molecule has 2 N–H and O–H groups in total. The van der Waals surface area contributed by atoms with Crippen molar-refractivity contribution in [1.82, 2.24) is 15.5 Å². The highest BCUT2D eigenvalue weighted by atomic mass is 35.5. The molecular formula is C17H21Cl2N3O3. The van der Waals surface area contributed by atoms with Crippen LogP contribution in [0.3, 0.4) is 0 Å². The van der Waals surface area contributed by atoms with E-state index in [9.17, 15) is 14.4 Å². The first-order valence-corrected chi connectivity index (χ1v) is 8.88. The second kappa shape index (κ2) is 7.62. The Balaban J connectivity index is 2.03. The van der Waals surface area contributed by atoms with Crippen LogP contribution < -0.4 is 10.6 Å². The standard InChI is InChI=1S/C17H21Cl2N3O3/c1-4-17(5-2)15(24)22(16(25)21-17)9-14(23)20-10(3)11-6-7-12(18)13(19)8-11/h6-8,10H,4-5,9H2,1-3H3,(H,20,23)(H,21,25). The molecule has 0 aliphatic carbocycles. The summed E-state index contributed by atoms with van der Waals surface area (Å²) in [6.07, 6.45) is 0.956. The van der Waals surface area contributed by atoms with Crippen molar-refractivity contribution in [3.05, 3.63) is 33.8 Å². The maximum Gasteiger partial charge on any atom is 0.325 e. The molecule has 25 heavy (non-hydrogen) atoms. The molecule has 6 nitrogen and oxygen atoms in total. The Kier molecular flexibility index (Phi) is 5.95. The summed E-state index contributed by atoms with van der Waals surface area (Å²) in [6, 6.07) is 4.19. The molecule has 0 saturated carbocycles. The Morgan fingerprint density at radius 3 is 2.40 bits per heavy atom. The van der Waals surface area contributed by atoms with Crippen molar-refractivity contribution in [2.24, 2.45) is 0 Å². The Labute approximate surface area is 156 Å². The minimum atomic E-state index is -0.910. The van der Waals surface area contributed by atoms with Crippen molar-refractivity contribution >= 4 is 41.0 Å². The quantitative estimate of drug-likeness (QED) is 0.737. The van der Waals surface area contributed by atoms with E-state index in [4.69, 9.17) is 23.2 Å². The van der Waals surface area contributed by atoms with Gasteiger partial charge in [-0.2, -0.15) is 0 Å². The highest BCUT2D eigenvalue weighted by Gasteiger charge is 2.49. The number of carbonyl (C=O) groups excluding carboxylic acids is 3. The molecule has 0 bridgehead atoms. The van der Waals surface area contributed by atoms with Gasteiger partial charge in [0.2, 0.25) is 5.91 Å². The minimum Gasteiger partial charge on any atom is -0.348 e. The molecule has 1 heterocycles. The van der Waals surface area contributed by atoms with Gasteiger partial charge >= 0.3 is 6.03 Å². The summed E-state index contributed by atoms with van der Waals surface area (Å²) in [5, 5.41) is 6.28. The van der Waals surface area contributed by atoms with Crippen molar-refractivity contribution in [3.63, 3.8) is 0 Å². The fourth-order valence-electron chi connectivity index (χ4n) is 2.84. The van der Waals surface area contributed by atoms with Gasteiger partial charge in [0.25, 0.3) is 5.91 Å². The first-order valence-electron chi connectivity index (χ1n) is 8.12. The molecule has 1 fully saturated rings. The maximum atomic E-state index is 12.5. The third-order valence-corrected chi connectivity index (χ3v) is 5.31. The summed E-state index contributed by atoms with van der Waals surface area (Å²) in [4.78, 5) is 37.8. The van der Waals surface area contributed by atoms with Gasteiger partial charge < -0.3 is 10.6 Å². The topological polar surface area (TPSA) is 78.5 Å². The van der Waals surface area contributed by atoms with E-state index in [0.717, 1.165) is 10.5 Å².